The zero-order valence-electron chi connectivity index (χ0n) is 15.3. The van der Waals surface area contributed by atoms with E-state index in [0.717, 1.165) is 31.8 Å². The van der Waals surface area contributed by atoms with Crippen LogP contribution in [0.2, 0.25) is 0 Å². The number of nitrogens with zero attached hydrogens (tertiary/aromatic N) is 2. The maximum atomic E-state index is 12.6. The van der Waals surface area contributed by atoms with Crippen molar-refractivity contribution in [2.45, 2.75) is 51.0 Å². The number of rotatable bonds is 9. The number of nitrogens with one attached hydrogen (secondary N) is 1. The molecule has 0 aliphatic rings. The number of benzene rings is 1. The molecule has 1 aromatic carbocycles. The van der Waals surface area contributed by atoms with Gasteiger partial charge in [0.25, 0.3) is 0 Å². The van der Waals surface area contributed by atoms with Crippen LogP contribution in [0.1, 0.15) is 40.0 Å². The van der Waals surface area contributed by atoms with Crippen molar-refractivity contribution in [3.05, 3.63) is 30.3 Å². The molecule has 0 bridgehead atoms. The van der Waals surface area contributed by atoms with Gasteiger partial charge in [0.05, 0.1) is 10.6 Å². The monoisotopic (exact) mass is 353 g/mol. The highest BCUT2D eigenvalue weighted by atomic mass is 32.2. The number of unbranched alkanes of at least 4 members (excludes halogenated alkanes) is 1. The molecule has 5 nitrogen and oxygen atoms in total. The first-order chi connectivity index (χ1) is 11.4. The van der Waals surface area contributed by atoms with Crippen LogP contribution in [-0.2, 0) is 9.84 Å². The third-order valence-corrected chi connectivity index (χ3v) is 5.70. The fourth-order valence-corrected chi connectivity index (χ4v) is 3.97. The molecule has 1 rings (SSSR count). The third kappa shape index (κ3) is 6.51. The summed E-state index contributed by atoms with van der Waals surface area (Å²) in [6, 6.07) is 8.47. The first-order valence-corrected chi connectivity index (χ1v) is 10.4. The summed E-state index contributed by atoms with van der Waals surface area (Å²) in [6.45, 7) is 7.70. The van der Waals surface area contributed by atoms with Gasteiger partial charge in [-0.3, -0.25) is 4.99 Å². The predicted molar refractivity (Wildman–Crippen MR) is 101 cm³/mol. The van der Waals surface area contributed by atoms with E-state index >= 15 is 0 Å². The first kappa shape index (κ1) is 20.5. The zero-order chi connectivity index (χ0) is 18.0. The van der Waals surface area contributed by atoms with E-state index < -0.39 is 9.84 Å². The number of sulfone groups is 1. The summed E-state index contributed by atoms with van der Waals surface area (Å²) in [6.07, 6.45) is 2.92. The largest absolute Gasteiger partial charge is 0.352 e. The predicted octanol–water partition coefficient (Wildman–Crippen LogP) is 2.94. The van der Waals surface area contributed by atoms with E-state index in [1.54, 1.807) is 24.3 Å². The molecule has 0 aliphatic carbocycles. The molecule has 0 aliphatic heterocycles. The molecule has 6 heteroatoms. The molecule has 0 radical (unpaired) electrons. The van der Waals surface area contributed by atoms with Crippen molar-refractivity contribution in [1.29, 1.82) is 0 Å². The Morgan fingerprint density at radius 2 is 1.88 bits per heavy atom. The second-order valence-corrected chi connectivity index (χ2v) is 7.95. The number of hydrogen-bond donors (Lipinski definition) is 1. The smallest absolute Gasteiger partial charge is 0.193 e. The second-order valence-electron chi connectivity index (χ2n) is 5.92. The summed E-state index contributed by atoms with van der Waals surface area (Å²) >= 11 is 0. The molecule has 136 valence electrons. The van der Waals surface area contributed by atoms with E-state index in [-0.39, 0.29) is 11.8 Å². The van der Waals surface area contributed by atoms with Crippen LogP contribution in [0, 0.1) is 0 Å². The second kappa shape index (κ2) is 10.3. The molecular formula is C18H31N3O2S. The molecule has 0 amide bonds. The first-order valence-electron chi connectivity index (χ1n) is 8.74. The van der Waals surface area contributed by atoms with Gasteiger partial charge in [-0.05, 0) is 31.9 Å². The lowest BCUT2D eigenvalue weighted by Gasteiger charge is -2.26. The van der Waals surface area contributed by atoms with Crippen molar-refractivity contribution >= 4 is 15.8 Å². The fraction of sp³-hybridized carbons (Fsp3) is 0.611. The van der Waals surface area contributed by atoms with Gasteiger partial charge in [0.15, 0.2) is 15.8 Å². The van der Waals surface area contributed by atoms with E-state index in [9.17, 15) is 8.42 Å². The van der Waals surface area contributed by atoms with E-state index in [4.69, 9.17) is 0 Å². The Balaban J connectivity index is 2.82. The normalized spacial score (nSPS) is 13.6. The summed E-state index contributed by atoms with van der Waals surface area (Å²) in [7, 11) is -1.32. The van der Waals surface area contributed by atoms with Gasteiger partial charge >= 0.3 is 0 Å². The van der Waals surface area contributed by atoms with Crippen LogP contribution in [0.3, 0.4) is 0 Å². The van der Waals surface area contributed by atoms with Crippen LogP contribution >= 0.6 is 0 Å². The number of guanidine groups is 1. The Hall–Kier alpha value is -1.56. The van der Waals surface area contributed by atoms with Gasteiger partial charge in [-0.15, -0.1) is 0 Å². The van der Waals surface area contributed by atoms with E-state index in [2.05, 4.69) is 22.1 Å². The lowest BCUT2D eigenvalue weighted by atomic mass is 10.2. The highest BCUT2D eigenvalue weighted by Gasteiger charge is 2.21. The number of hydrogen-bond acceptors (Lipinski definition) is 3. The van der Waals surface area contributed by atoms with Crippen molar-refractivity contribution in [2.24, 2.45) is 4.99 Å². The molecule has 0 aromatic heterocycles. The van der Waals surface area contributed by atoms with Gasteiger partial charge in [-0.1, -0.05) is 38.5 Å². The molecule has 1 N–H and O–H groups in total. The quantitative estimate of drug-likeness (QED) is 0.548. The highest BCUT2D eigenvalue weighted by Crippen LogP contribution is 2.12. The van der Waals surface area contributed by atoms with Crippen LogP contribution in [-0.4, -0.2) is 51.2 Å². The minimum atomic E-state index is -3.31. The summed E-state index contributed by atoms with van der Waals surface area (Å²) in [5.41, 5.74) is 0. The van der Waals surface area contributed by atoms with Crippen LogP contribution in [0.15, 0.2) is 40.2 Å². The summed E-state index contributed by atoms with van der Waals surface area (Å²) in [5, 5.41) is 3.34. The summed E-state index contributed by atoms with van der Waals surface area (Å²) in [4.78, 5) is 6.95. The molecule has 1 aromatic rings. The molecule has 24 heavy (non-hydrogen) atoms. The van der Waals surface area contributed by atoms with Crippen LogP contribution in [0.4, 0.5) is 0 Å². The molecule has 0 heterocycles. The average Bonchev–Trinajstić information content (AvgIpc) is 2.59. The van der Waals surface area contributed by atoms with Crippen LogP contribution in [0.5, 0.6) is 0 Å². The van der Waals surface area contributed by atoms with Gasteiger partial charge in [0.2, 0.25) is 0 Å². The third-order valence-electron chi connectivity index (χ3n) is 3.87. The topological polar surface area (TPSA) is 61.8 Å². The van der Waals surface area contributed by atoms with Gasteiger partial charge < -0.3 is 10.2 Å². The Bertz CT molecular complexity index is 600. The SMILES string of the molecule is CCCCN(C)C(=NCC)NC(CC)CS(=O)(=O)c1ccccc1. The maximum absolute atomic E-state index is 12.6. The Labute approximate surface area is 147 Å². The minimum absolute atomic E-state index is 0.0673. The van der Waals surface area contributed by atoms with Gasteiger partial charge in [0.1, 0.15) is 0 Å². The summed E-state index contributed by atoms with van der Waals surface area (Å²) in [5.74, 6) is 0.846. The summed E-state index contributed by atoms with van der Waals surface area (Å²) < 4.78 is 25.2. The molecular weight excluding hydrogens is 322 g/mol. The van der Waals surface area contributed by atoms with Crippen molar-refractivity contribution in [1.82, 2.24) is 10.2 Å². The highest BCUT2D eigenvalue weighted by molar-refractivity contribution is 7.91. The van der Waals surface area contributed by atoms with E-state index in [1.165, 1.54) is 0 Å². The molecule has 1 atom stereocenters. The average molecular weight is 354 g/mol. The van der Waals surface area contributed by atoms with Crippen molar-refractivity contribution in [3.63, 3.8) is 0 Å². The van der Waals surface area contributed by atoms with Gasteiger partial charge in [0, 0.05) is 26.2 Å². The lowest BCUT2D eigenvalue weighted by molar-refractivity contribution is 0.450. The van der Waals surface area contributed by atoms with E-state index in [1.807, 2.05) is 27.0 Å². The Morgan fingerprint density at radius 1 is 1.21 bits per heavy atom. The van der Waals surface area contributed by atoms with Crippen LogP contribution < -0.4 is 5.32 Å². The standard InChI is InChI=1S/C18H31N3O2S/c1-5-8-14-21(4)18(19-7-3)20-16(6-2)15-24(22,23)17-12-10-9-11-13-17/h9-13,16H,5-8,14-15H2,1-4H3,(H,19,20). The van der Waals surface area contributed by atoms with Gasteiger partial charge in [-0.25, -0.2) is 8.42 Å². The Kier molecular flexibility index (Phi) is 8.82. The fourth-order valence-electron chi connectivity index (χ4n) is 2.36. The van der Waals surface area contributed by atoms with Crippen molar-refractivity contribution < 1.29 is 8.42 Å². The molecule has 1 unspecified atom stereocenters. The van der Waals surface area contributed by atoms with Gasteiger partial charge in [-0.2, -0.15) is 0 Å². The molecule has 0 spiro atoms. The maximum Gasteiger partial charge on any atom is 0.193 e. The molecule has 0 saturated carbocycles. The molecule has 0 fully saturated rings. The van der Waals surface area contributed by atoms with Crippen molar-refractivity contribution in [2.75, 3.05) is 25.9 Å². The number of aliphatic imine (C=N–C) groups is 1. The zero-order valence-corrected chi connectivity index (χ0v) is 16.1. The van der Waals surface area contributed by atoms with Crippen LogP contribution in [0.25, 0.3) is 0 Å². The molecule has 0 saturated heterocycles. The lowest BCUT2D eigenvalue weighted by Crippen LogP contribution is -2.47. The van der Waals surface area contributed by atoms with Crippen molar-refractivity contribution in [3.8, 4) is 0 Å². The minimum Gasteiger partial charge on any atom is -0.352 e. The van der Waals surface area contributed by atoms with E-state index in [0.29, 0.717) is 11.4 Å². The Morgan fingerprint density at radius 3 is 2.42 bits per heavy atom.